The van der Waals surface area contributed by atoms with Gasteiger partial charge in [-0.15, -0.1) is 0 Å². The van der Waals surface area contributed by atoms with Gasteiger partial charge in [0.25, 0.3) is 0 Å². The van der Waals surface area contributed by atoms with Gasteiger partial charge in [-0.1, -0.05) is 158 Å². The Labute approximate surface area is 247 Å². The van der Waals surface area contributed by atoms with Crippen molar-refractivity contribution in [3.63, 3.8) is 0 Å². The quantitative estimate of drug-likeness (QED) is 0.192. The van der Waals surface area contributed by atoms with Crippen LogP contribution in [0.15, 0.2) is 131 Å². The third-order valence-corrected chi connectivity index (χ3v) is 8.54. The Morgan fingerprint density at radius 2 is 0.875 bits per heavy atom. The normalized spacial score (nSPS) is 25.1. The van der Waals surface area contributed by atoms with Gasteiger partial charge in [0.2, 0.25) is 0 Å². The topological polar surface area (TPSA) is 0 Å². The molecule has 0 N–H and O–H groups in total. The van der Waals surface area contributed by atoms with Gasteiger partial charge in [0, 0.05) is 11.8 Å². The lowest BCUT2D eigenvalue weighted by molar-refractivity contribution is 0.255. The van der Waals surface area contributed by atoms with Gasteiger partial charge in [-0.05, 0) is 78.1 Å². The maximum absolute atomic E-state index is 2.40. The van der Waals surface area contributed by atoms with Crippen LogP contribution in [0, 0.1) is 22.7 Å². The molecule has 0 spiro atoms. The van der Waals surface area contributed by atoms with Crippen molar-refractivity contribution in [1.29, 1.82) is 0 Å². The summed E-state index contributed by atoms with van der Waals surface area (Å²) in [4.78, 5) is 0. The van der Waals surface area contributed by atoms with Crippen molar-refractivity contribution in [3.8, 4) is 0 Å². The van der Waals surface area contributed by atoms with Crippen molar-refractivity contribution < 1.29 is 0 Å². The molecule has 0 saturated carbocycles. The zero-order valence-corrected chi connectivity index (χ0v) is 27.2. The molecule has 2 atom stereocenters. The summed E-state index contributed by atoms with van der Waals surface area (Å²) in [5.74, 6) is 1.06. The average molecular weight is 537 g/mol. The molecule has 0 aliphatic heterocycles. The number of rotatable bonds is 10. The minimum absolute atomic E-state index is 0.343. The largest absolute Gasteiger partial charge is 0.0850 e. The molecular formula is C40H56. The highest BCUT2D eigenvalue weighted by atomic mass is 14.4. The fraction of sp³-hybridized carbons (Fsp3) is 0.450. The predicted octanol–water partition coefficient (Wildman–Crippen LogP) is 12.3. The molecular weight excluding hydrogens is 480 g/mol. The van der Waals surface area contributed by atoms with Crippen LogP contribution < -0.4 is 0 Å². The molecule has 0 heterocycles. The molecule has 216 valence electrons. The van der Waals surface area contributed by atoms with Crippen LogP contribution >= 0.6 is 0 Å². The maximum atomic E-state index is 2.40. The molecule has 0 fully saturated rings. The molecule has 2 unspecified atom stereocenters. The number of hydrogen-bond donors (Lipinski definition) is 0. The van der Waals surface area contributed by atoms with Crippen molar-refractivity contribution in [2.24, 2.45) is 22.7 Å². The lowest BCUT2D eigenvalue weighted by Crippen LogP contribution is -2.26. The maximum Gasteiger partial charge on any atom is 0.00285 e. The molecule has 2 aliphatic carbocycles. The van der Waals surface area contributed by atoms with E-state index in [4.69, 9.17) is 0 Å². The first-order valence-corrected chi connectivity index (χ1v) is 15.2. The lowest BCUT2D eigenvalue weighted by atomic mass is 9.68. The Kier molecular flexibility index (Phi) is 13.2. The van der Waals surface area contributed by atoms with Gasteiger partial charge in [-0.2, -0.15) is 0 Å². The van der Waals surface area contributed by atoms with Gasteiger partial charge in [-0.25, -0.2) is 0 Å². The lowest BCUT2D eigenvalue weighted by Gasteiger charge is -2.36. The van der Waals surface area contributed by atoms with E-state index in [1.54, 1.807) is 0 Å². The molecule has 0 radical (unpaired) electrons. The smallest absolute Gasteiger partial charge is 0.00285 e. The summed E-state index contributed by atoms with van der Waals surface area (Å²) in [5, 5.41) is 0. The molecule has 40 heavy (non-hydrogen) atoms. The second kappa shape index (κ2) is 15.8. The zero-order chi connectivity index (χ0) is 29.8. The molecule has 2 aliphatic rings. The van der Waals surface area contributed by atoms with Crippen LogP contribution in [0.2, 0.25) is 0 Å². The van der Waals surface area contributed by atoms with E-state index in [-0.39, 0.29) is 0 Å². The van der Waals surface area contributed by atoms with Crippen LogP contribution in [0.25, 0.3) is 0 Å². The molecule has 0 aromatic rings. The summed E-state index contributed by atoms with van der Waals surface area (Å²) < 4.78 is 0. The summed E-state index contributed by atoms with van der Waals surface area (Å²) in [6.45, 7) is 22.7. The minimum atomic E-state index is 0.343. The van der Waals surface area contributed by atoms with E-state index in [0.29, 0.717) is 22.7 Å². The predicted molar refractivity (Wildman–Crippen MR) is 181 cm³/mol. The zero-order valence-electron chi connectivity index (χ0n) is 27.2. The van der Waals surface area contributed by atoms with Gasteiger partial charge in [0.15, 0.2) is 0 Å². The van der Waals surface area contributed by atoms with E-state index >= 15 is 0 Å². The molecule has 0 amide bonds. The van der Waals surface area contributed by atoms with Gasteiger partial charge in [0.05, 0.1) is 0 Å². The van der Waals surface area contributed by atoms with E-state index in [0.717, 1.165) is 0 Å². The van der Waals surface area contributed by atoms with E-state index in [2.05, 4.69) is 166 Å². The van der Waals surface area contributed by atoms with Gasteiger partial charge >= 0.3 is 0 Å². The first-order chi connectivity index (χ1) is 18.8. The third-order valence-electron chi connectivity index (χ3n) is 8.54. The Balaban J connectivity index is 1.87. The Morgan fingerprint density at radius 3 is 1.23 bits per heavy atom. The van der Waals surface area contributed by atoms with Crippen LogP contribution in [-0.2, 0) is 0 Å². The fourth-order valence-corrected chi connectivity index (χ4v) is 5.80. The first kappa shape index (κ1) is 33.3. The number of hydrogen-bond acceptors (Lipinski definition) is 0. The highest BCUT2D eigenvalue weighted by molar-refractivity contribution is 5.33. The van der Waals surface area contributed by atoms with Crippen molar-refractivity contribution in [2.75, 3.05) is 0 Å². The summed E-state index contributed by atoms with van der Waals surface area (Å²) >= 11 is 0. The van der Waals surface area contributed by atoms with E-state index in [1.807, 2.05) is 0 Å². The number of allylic oxidation sites excluding steroid dienone is 22. The second-order valence-corrected chi connectivity index (χ2v) is 13.4. The van der Waals surface area contributed by atoms with Crippen molar-refractivity contribution in [2.45, 2.75) is 94.9 Å². The molecule has 0 heteroatoms. The monoisotopic (exact) mass is 536 g/mol. The van der Waals surface area contributed by atoms with Gasteiger partial charge in [-0.3, -0.25) is 0 Å². The van der Waals surface area contributed by atoms with Crippen molar-refractivity contribution >= 4 is 0 Å². The van der Waals surface area contributed by atoms with E-state index in [1.165, 1.54) is 59.1 Å². The third kappa shape index (κ3) is 11.3. The highest BCUT2D eigenvalue weighted by Gasteiger charge is 2.31. The summed E-state index contributed by atoms with van der Waals surface area (Å²) in [6.07, 6.45) is 40.6. The summed E-state index contributed by atoms with van der Waals surface area (Å²) in [6, 6.07) is 0. The van der Waals surface area contributed by atoms with Crippen LogP contribution in [0.4, 0.5) is 0 Å². The first-order valence-electron chi connectivity index (χ1n) is 15.2. The van der Waals surface area contributed by atoms with Crippen LogP contribution in [0.5, 0.6) is 0 Å². The SMILES string of the molecule is CC(C=CC=C(C)C=CC1C(C)=CCCC1(C)C)=CC=CC=C(C)C=CC=C(C)C=CC1C(C)=CCCC1(C)C. The second-order valence-electron chi connectivity index (χ2n) is 13.4. The van der Waals surface area contributed by atoms with Crippen LogP contribution in [0.3, 0.4) is 0 Å². The van der Waals surface area contributed by atoms with Crippen LogP contribution in [-0.4, -0.2) is 0 Å². The highest BCUT2D eigenvalue weighted by Crippen LogP contribution is 2.42. The van der Waals surface area contributed by atoms with E-state index in [9.17, 15) is 0 Å². The Hall–Kier alpha value is -2.86. The molecule has 0 aromatic heterocycles. The molecule has 0 nitrogen and oxygen atoms in total. The fourth-order valence-electron chi connectivity index (χ4n) is 5.80. The Morgan fingerprint density at radius 1 is 0.550 bits per heavy atom. The Bertz CT molecular complexity index is 1090. The summed E-state index contributed by atoms with van der Waals surface area (Å²) in [7, 11) is 0. The van der Waals surface area contributed by atoms with Crippen molar-refractivity contribution in [1.82, 2.24) is 0 Å². The summed E-state index contributed by atoms with van der Waals surface area (Å²) in [5.41, 5.74) is 8.72. The van der Waals surface area contributed by atoms with Crippen molar-refractivity contribution in [3.05, 3.63) is 131 Å². The van der Waals surface area contributed by atoms with Gasteiger partial charge in [0.1, 0.15) is 0 Å². The van der Waals surface area contributed by atoms with Gasteiger partial charge < -0.3 is 0 Å². The van der Waals surface area contributed by atoms with E-state index < -0.39 is 0 Å². The minimum Gasteiger partial charge on any atom is -0.0850 e. The molecule has 0 bridgehead atoms. The standard InChI is InChI=1S/C40H56/c1-31(19-13-21-33(3)25-27-37-35(5)23-15-29-39(37,7)8)17-11-12-18-32(2)20-14-22-34(4)26-28-38-36(6)24-16-30-40(38,9)10/h11-14,17-28,37-38H,15-16,29-30H2,1-10H3. The molecule has 2 rings (SSSR count). The van der Waals surface area contributed by atoms with Crippen LogP contribution in [0.1, 0.15) is 94.9 Å². The average Bonchev–Trinajstić information content (AvgIpc) is 2.85. The molecule has 0 aromatic carbocycles. The molecule has 0 saturated heterocycles.